The van der Waals surface area contributed by atoms with Gasteiger partial charge in [-0.25, -0.2) is 0 Å². The monoisotopic (exact) mass is 258 g/mol. The van der Waals surface area contributed by atoms with E-state index < -0.39 is 5.41 Å². The Hall–Kier alpha value is -1.60. The van der Waals surface area contributed by atoms with E-state index in [-0.39, 0.29) is 5.78 Å². The molecule has 0 amide bonds. The summed E-state index contributed by atoms with van der Waals surface area (Å²) in [6, 6.07) is 16.9. The summed E-state index contributed by atoms with van der Waals surface area (Å²) in [5.41, 5.74) is 1.11. The Morgan fingerprint density at radius 3 is 2.28 bits per heavy atom. The number of halogens is 1. The number of carbonyl (C=O) groups is 1. The molecule has 0 heterocycles. The molecule has 2 aromatic rings. The molecule has 2 heteroatoms. The highest BCUT2D eigenvalue weighted by Crippen LogP contribution is 2.28. The van der Waals surface area contributed by atoms with Crippen molar-refractivity contribution in [2.45, 2.75) is 19.3 Å². The van der Waals surface area contributed by atoms with E-state index in [1.807, 2.05) is 44.2 Å². The summed E-state index contributed by atoms with van der Waals surface area (Å²) in [4.78, 5) is 12.6. The second-order valence-corrected chi connectivity index (χ2v) is 5.27. The van der Waals surface area contributed by atoms with Crippen LogP contribution in [0.4, 0.5) is 0 Å². The fourth-order valence-corrected chi connectivity index (χ4v) is 2.17. The molecule has 0 radical (unpaired) electrons. The van der Waals surface area contributed by atoms with Gasteiger partial charge in [0.25, 0.3) is 0 Å². The van der Waals surface area contributed by atoms with Crippen LogP contribution in [0, 0.1) is 0 Å². The molecule has 18 heavy (non-hydrogen) atoms. The van der Waals surface area contributed by atoms with E-state index in [0.717, 1.165) is 5.56 Å². The number of carbonyl (C=O) groups excluding carboxylic acids is 1. The van der Waals surface area contributed by atoms with Gasteiger partial charge in [-0.3, -0.25) is 4.79 Å². The van der Waals surface area contributed by atoms with E-state index in [9.17, 15) is 4.79 Å². The summed E-state index contributed by atoms with van der Waals surface area (Å²) >= 11 is 5.93. The Morgan fingerprint density at radius 2 is 1.67 bits per heavy atom. The first-order chi connectivity index (χ1) is 8.51. The average Bonchev–Trinajstić information content (AvgIpc) is 2.39. The molecule has 0 unspecified atom stereocenters. The highest BCUT2D eigenvalue weighted by molar-refractivity contribution is 6.31. The summed E-state index contributed by atoms with van der Waals surface area (Å²) in [5.74, 6) is 0.0798. The lowest BCUT2D eigenvalue weighted by Crippen LogP contribution is -2.29. The van der Waals surface area contributed by atoms with Crippen LogP contribution < -0.4 is 0 Å². The van der Waals surface area contributed by atoms with Crippen LogP contribution in [0.15, 0.2) is 54.6 Å². The van der Waals surface area contributed by atoms with Gasteiger partial charge in [0.2, 0.25) is 0 Å². The van der Waals surface area contributed by atoms with E-state index in [1.54, 1.807) is 24.3 Å². The van der Waals surface area contributed by atoms with E-state index in [4.69, 9.17) is 11.6 Å². The molecular weight excluding hydrogens is 244 g/mol. The van der Waals surface area contributed by atoms with Crippen LogP contribution in [0.5, 0.6) is 0 Å². The molecule has 0 N–H and O–H groups in total. The molecule has 1 nitrogen and oxygen atoms in total. The minimum atomic E-state index is -0.550. The van der Waals surface area contributed by atoms with Crippen LogP contribution >= 0.6 is 11.6 Å². The Morgan fingerprint density at radius 1 is 1.00 bits per heavy atom. The van der Waals surface area contributed by atoms with Gasteiger partial charge in [0, 0.05) is 10.6 Å². The van der Waals surface area contributed by atoms with Gasteiger partial charge in [0.05, 0.1) is 5.41 Å². The summed E-state index contributed by atoms with van der Waals surface area (Å²) < 4.78 is 0. The summed E-state index contributed by atoms with van der Waals surface area (Å²) in [7, 11) is 0. The molecule has 0 spiro atoms. The minimum Gasteiger partial charge on any atom is -0.293 e. The molecule has 0 bridgehead atoms. The summed E-state index contributed by atoms with van der Waals surface area (Å²) in [6.07, 6.45) is 0. The third-order valence-electron chi connectivity index (χ3n) is 3.15. The third kappa shape index (κ3) is 2.46. The van der Waals surface area contributed by atoms with Gasteiger partial charge in [-0.2, -0.15) is 0 Å². The predicted molar refractivity (Wildman–Crippen MR) is 75.3 cm³/mol. The number of hydrogen-bond acceptors (Lipinski definition) is 1. The lowest BCUT2D eigenvalue weighted by atomic mass is 9.78. The van der Waals surface area contributed by atoms with E-state index >= 15 is 0 Å². The number of Topliss-reactive ketones (excluding diaryl/α,β-unsaturated/α-hetero) is 1. The van der Waals surface area contributed by atoms with Crippen molar-refractivity contribution in [1.29, 1.82) is 0 Å². The average molecular weight is 259 g/mol. The van der Waals surface area contributed by atoms with E-state index in [2.05, 4.69) is 0 Å². The summed E-state index contributed by atoms with van der Waals surface area (Å²) in [5, 5.41) is 0.588. The smallest absolute Gasteiger partial charge is 0.172 e. The Kier molecular flexibility index (Phi) is 3.53. The van der Waals surface area contributed by atoms with Crippen LogP contribution in [-0.2, 0) is 5.41 Å². The first kappa shape index (κ1) is 12.8. The van der Waals surface area contributed by atoms with Crippen molar-refractivity contribution in [3.63, 3.8) is 0 Å². The van der Waals surface area contributed by atoms with Crippen molar-refractivity contribution in [1.82, 2.24) is 0 Å². The molecule has 0 aliphatic carbocycles. The topological polar surface area (TPSA) is 17.1 Å². The first-order valence-corrected chi connectivity index (χ1v) is 6.25. The number of benzene rings is 2. The zero-order valence-corrected chi connectivity index (χ0v) is 11.2. The number of ketones is 1. The fraction of sp³-hybridized carbons (Fsp3) is 0.188. The molecule has 0 aliphatic rings. The summed E-state index contributed by atoms with van der Waals surface area (Å²) in [6.45, 7) is 3.87. The van der Waals surface area contributed by atoms with Crippen molar-refractivity contribution < 1.29 is 4.79 Å². The van der Waals surface area contributed by atoms with E-state index in [1.165, 1.54) is 0 Å². The minimum absolute atomic E-state index is 0.0798. The van der Waals surface area contributed by atoms with Crippen LogP contribution in [-0.4, -0.2) is 5.78 Å². The second-order valence-electron chi connectivity index (χ2n) is 4.83. The quantitative estimate of drug-likeness (QED) is 0.741. The molecule has 2 aromatic carbocycles. The Balaban J connectivity index is 2.39. The Labute approximate surface area is 112 Å². The van der Waals surface area contributed by atoms with Crippen LogP contribution in [0.2, 0.25) is 5.02 Å². The van der Waals surface area contributed by atoms with Crippen molar-refractivity contribution >= 4 is 17.4 Å². The molecule has 0 saturated carbocycles. The van der Waals surface area contributed by atoms with Gasteiger partial charge >= 0.3 is 0 Å². The fourth-order valence-electron chi connectivity index (χ4n) is 1.98. The molecule has 0 aromatic heterocycles. The molecule has 2 rings (SSSR count). The van der Waals surface area contributed by atoms with Gasteiger partial charge in [-0.05, 0) is 31.5 Å². The lowest BCUT2D eigenvalue weighted by molar-refractivity contribution is 0.0909. The van der Waals surface area contributed by atoms with E-state index in [0.29, 0.717) is 10.6 Å². The van der Waals surface area contributed by atoms with Gasteiger partial charge in [0.15, 0.2) is 5.78 Å². The maximum atomic E-state index is 12.6. The van der Waals surface area contributed by atoms with Gasteiger partial charge < -0.3 is 0 Å². The molecule has 0 aliphatic heterocycles. The third-order valence-corrected chi connectivity index (χ3v) is 3.39. The van der Waals surface area contributed by atoms with Gasteiger partial charge in [-0.1, -0.05) is 54.1 Å². The zero-order chi connectivity index (χ0) is 13.2. The largest absolute Gasteiger partial charge is 0.293 e. The standard InChI is InChI=1S/C16H15ClO/c1-16(2,13-8-4-3-5-9-13)15(18)12-7-6-10-14(17)11-12/h3-11H,1-2H3. The van der Waals surface area contributed by atoms with Crippen molar-refractivity contribution in [2.24, 2.45) is 0 Å². The highest BCUT2D eigenvalue weighted by Gasteiger charge is 2.30. The molecule has 0 atom stereocenters. The van der Waals surface area contributed by atoms with Crippen molar-refractivity contribution in [2.75, 3.05) is 0 Å². The van der Waals surface area contributed by atoms with Crippen molar-refractivity contribution in [3.8, 4) is 0 Å². The van der Waals surface area contributed by atoms with Crippen LogP contribution in [0.3, 0.4) is 0 Å². The van der Waals surface area contributed by atoms with Gasteiger partial charge in [-0.15, -0.1) is 0 Å². The maximum Gasteiger partial charge on any atom is 0.172 e. The second kappa shape index (κ2) is 4.95. The molecule has 0 saturated heterocycles. The lowest BCUT2D eigenvalue weighted by Gasteiger charge is -2.23. The first-order valence-electron chi connectivity index (χ1n) is 5.88. The highest BCUT2D eigenvalue weighted by atomic mass is 35.5. The number of hydrogen-bond donors (Lipinski definition) is 0. The SMILES string of the molecule is CC(C)(C(=O)c1cccc(Cl)c1)c1ccccc1. The zero-order valence-electron chi connectivity index (χ0n) is 10.5. The van der Waals surface area contributed by atoms with Gasteiger partial charge in [0.1, 0.15) is 0 Å². The molecular formula is C16H15ClO. The maximum absolute atomic E-state index is 12.6. The van der Waals surface area contributed by atoms with Crippen LogP contribution in [0.1, 0.15) is 29.8 Å². The van der Waals surface area contributed by atoms with Crippen LogP contribution in [0.25, 0.3) is 0 Å². The number of rotatable bonds is 3. The molecule has 92 valence electrons. The Bertz CT molecular complexity index is 558. The molecule has 0 fully saturated rings. The van der Waals surface area contributed by atoms with Crippen molar-refractivity contribution in [3.05, 3.63) is 70.7 Å². The normalized spacial score (nSPS) is 11.3. The predicted octanol–water partition coefficient (Wildman–Crippen LogP) is 4.50.